The number of rotatable bonds is 2. The van der Waals surface area contributed by atoms with Gasteiger partial charge >= 0.3 is 0 Å². The number of hydrogen-bond donors (Lipinski definition) is 1. The van der Waals surface area contributed by atoms with Crippen LogP contribution in [-0.4, -0.2) is 5.11 Å². The Balaban J connectivity index is 3.04. The zero-order valence-electron chi connectivity index (χ0n) is 6.77. The van der Waals surface area contributed by atoms with Gasteiger partial charge in [0.15, 0.2) is 0 Å². The molecule has 0 heterocycles. The Morgan fingerprint density at radius 3 is 2.67 bits per heavy atom. The lowest BCUT2D eigenvalue weighted by molar-refractivity contribution is 0.472. The molecule has 12 heavy (non-hydrogen) atoms. The summed E-state index contributed by atoms with van der Waals surface area (Å²) in [5.41, 5.74) is 1.15. The van der Waals surface area contributed by atoms with Crippen LogP contribution < -0.4 is 0 Å². The molecule has 0 amide bonds. The average Bonchev–Trinajstić information content (AvgIpc) is 2.01. The third kappa shape index (κ3) is 2.14. The number of phenolic OH excluding ortho intramolecular Hbond substituents is 1. The maximum atomic E-state index is 9.32. The summed E-state index contributed by atoms with van der Waals surface area (Å²) in [7, 11) is 0. The average molecular weight is 250 g/mol. The molecule has 3 heteroatoms. The monoisotopic (exact) mass is 248 g/mol. The Labute approximate surface area is 85.5 Å². The van der Waals surface area contributed by atoms with Crippen LogP contribution in [0.4, 0.5) is 0 Å². The second kappa shape index (κ2) is 4.15. The molecule has 0 atom stereocenters. The van der Waals surface area contributed by atoms with Crippen LogP contribution in [0.3, 0.4) is 0 Å². The summed E-state index contributed by atoms with van der Waals surface area (Å²) in [6, 6.07) is 3.69. The number of phenols is 1. The summed E-state index contributed by atoms with van der Waals surface area (Å²) in [5.74, 6) is 0.122. The minimum absolute atomic E-state index is 0.122. The Bertz CT molecular complexity index is 263. The molecular weight excluding hydrogens is 239 g/mol. The molecule has 0 aliphatic carbocycles. The van der Waals surface area contributed by atoms with Gasteiger partial charge in [0.1, 0.15) is 5.75 Å². The van der Waals surface area contributed by atoms with Gasteiger partial charge in [0, 0.05) is 0 Å². The topological polar surface area (TPSA) is 20.2 Å². The van der Waals surface area contributed by atoms with Gasteiger partial charge in [0.2, 0.25) is 0 Å². The van der Waals surface area contributed by atoms with Gasteiger partial charge in [0.05, 0.1) is 9.50 Å². The highest BCUT2D eigenvalue weighted by molar-refractivity contribution is 9.10. The summed E-state index contributed by atoms with van der Waals surface area (Å²) in [6.45, 7) is 2.11. The van der Waals surface area contributed by atoms with Crippen molar-refractivity contribution in [3.8, 4) is 5.75 Å². The van der Waals surface area contributed by atoms with Crippen LogP contribution in [-0.2, 0) is 6.42 Å². The van der Waals surface area contributed by atoms with Crippen molar-refractivity contribution in [1.29, 1.82) is 0 Å². The standard InChI is InChI=1S/C9H10BrClO/c1-2-3-6-4-7(10)9(12)8(11)5-6/h4-5,12H,2-3H2,1H3. The fourth-order valence-corrected chi connectivity index (χ4v) is 1.91. The molecule has 1 nitrogen and oxygen atoms in total. The molecule has 0 saturated carbocycles. The van der Waals surface area contributed by atoms with Crippen molar-refractivity contribution < 1.29 is 5.11 Å². The van der Waals surface area contributed by atoms with Crippen molar-refractivity contribution in [3.63, 3.8) is 0 Å². The van der Waals surface area contributed by atoms with Crippen LogP contribution in [0.15, 0.2) is 16.6 Å². The van der Waals surface area contributed by atoms with E-state index in [1.807, 2.05) is 6.07 Å². The minimum Gasteiger partial charge on any atom is -0.505 e. The lowest BCUT2D eigenvalue weighted by atomic mass is 10.1. The molecule has 0 radical (unpaired) electrons. The maximum absolute atomic E-state index is 9.32. The second-order valence-electron chi connectivity index (χ2n) is 2.66. The Hall–Kier alpha value is -0.210. The molecule has 1 aromatic carbocycles. The molecule has 1 rings (SSSR count). The molecule has 0 unspecified atom stereocenters. The fraction of sp³-hybridized carbons (Fsp3) is 0.333. The first-order chi connectivity index (χ1) is 5.65. The van der Waals surface area contributed by atoms with Gasteiger partial charge in [-0.15, -0.1) is 0 Å². The summed E-state index contributed by atoms with van der Waals surface area (Å²) < 4.78 is 0.665. The fourth-order valence-electron chi connectivity index (χ4n) is 1.05. The van der Waals surface area contributed by atoms with E-state index in [9.17, 15) is 5.11 Å². The maximum Gasteiger partial charge on any atom is 0.148 e. The molecule has 1 aromatic rings. The molecule has 0 fully saturated rings. The van der Waals surface area contributed by atoms with Gasteiger partial charge in [-0.3, -0.25) is 0 Å². The van der Waals surface area contributed by atoms with Crippen LogP contribution in [0.25, 0.3) is 0 Å². The van der Waals surface area contributed by atoms with Crippen molar-refractivity contribution in [1.82, 2.24) is 0 Å². The highest BCUT2D eigenvalue weighted by Crippen LogP contribution is 2.33. The van der Waals surface area contributed by atoms with Crippen molar-refractivity contribution in [2.45, 2.75) is 19.8 Å². The number of halogens is 2. The van der Waals surface area contributed by atoms with Crippen molar-refractivity contribution in [3.05, 3.63) is 27.2 Å². The third-order valence-electron chi connectivity index (χ3n) is 1.62. The summed E-state index contributed by atoms with van der Waals surface area (Å²) in [6.07, 6.45) is 2.06. The van der Waals surface area contributed by atoms with Crippen LogP contribution in [0, 0.1) is 0 Å². The zero-order valence-corrected chi connectivity index (χ0v) is 9.11. The van der Waals surface area contributed by atoms with E-state index < -0.39 is 0 Å². The lowest BCUT2D eigenvalue weighted by Crippen LogP contribution is -1.83. The smallest absolute Gasteiger partial charge is 0.148 e. The minimum atomic E-state index is 0.122. The first-order valence-corrected chi connectivity index (χ1v) is 4.99. The zero-order chi connectivity index (χ0) is 9.14. The van der Waals surface area contributed by atoms with E-state index in [-0.39, 0.29) is 5.75 Å². The van der Waals surface area contributed by atoms with E-state index >= 15 is 0 Å². The SMILES string of the molecule is CCCc1cc(Cl)c(O)c(Br)c1. The van der Waals surface area contributed by atoms with Gasteiger partial charge in [0.25, 0.3) is 0 Å². The van der Waals surface area contributed by atoms with E-state index in [1.165, 1.54) is 0 Å². The largest absolute Gasteiger partial charge is 0.505 e. The van der Waals surface area contributed by atoms with Gasteiger partial charge in [-0.05, 0) is 40.0 Å². The summed E-state index contributed by atoms with van der Waals surface area (Å²) >= 11 is 9.01. The number of aromatic hydroxyl groups is 1. The highest BCUT2D eigenvalue weighted by Gasteiger charge is 2.04. The number of aryl methyl sites for hydroxylation is 1. The lowest BCUT2D eigenvalue weighted by Gasteiger charge is -2.03. The van der Waals surface area contributed by atoms with Crippen LogP contribution in [0.2, 0.25) is 5.02 Å². The Morgan fingerprint density at radius 2 is 2.17 bits per heavy atom. The molecule has 0 aromatic heterocycles. The summed E-state index contributed by atoms with van der Waals surface area (Å²) in [5, 5.41) is 9.73. The van der Waals surface area contributed by atoms with E-state index in [1.54, 1.807) is 6.07 Å². The highest BCUT2D eigenvalue weighted by atomic mass is 79.9. The predicted molar refractivity (Wildman–Crippen MR) is 54.8 cm³/mol. The predicted octanol–water partition coefficient (Wildman–Crippen LogP) is 3.76. The Kier molecular flexibility index (Phi) is 3.41. The third-order valence-corrected chi connectivity index (χ3v) is 2.51. The molecule has 0 saturated heterocycles. The molecule has 0 spiro atoms. The van der Waals surface area contributed by atoms with Gasteiger partial charge < -0.3 is 5.11 Å². The van der Waals surface area contributed by atoms with E-state index in [2.05, 4.69) is 22.9 Å². The normalized spacial score (nSPS) is 10.2. The molecule has 0 aliphatic rings. The molecular formula is C9H10BrClO. The van der Waals surface area contributed by atoms with E-state index in [4.69, 9.17) is 11.6 Å². The van der Waals surface area contributed by atoms with Crippen molar-refractivity contribution in [2.24, 2.45) is 0 Å². The summed E-state index contributed by atoms with van der Waals surface area (Å²) in [4.78, 5) is 0. The molecule has 66 valence electrons. The van der Waals surface area contributed by atoms with Gasteiger partial charge in [-0.2, -0.15) is 0 Å². The van der Waals surface area contributed by atoms with E-state index in [0.717, 1.165) is 18.4 Å². The number of hydrogen-bond acceptors (Lipinski definition) is 1. The van der Waals surface area contributed by atoms with Crippen LogP contribution in [0.1, 0.15) is 18.9 Å². The number of benzene rings is 1. The van der Waals surface area contributed by atoms with Crippen LogP contribution in [0.5, 0.6) is 5.75 Å². The molecule has 1 N–H and O–H groups in total. The van der Waals surface area contributed by atoms with Crippen molar-refractivity contribution in [2.75, 3.05) is 0 Å². The van der Waals surface area contributed by atoms with Crippen molar-refractivity contribution >= 4 is 27.5 Å². The van der Waals surface area contributed by atoms with Gasteiger partial charge in [-0.1, -0.05) is 24.9 Å². The first-order valence-electron chi connectivity index (χ1n) is 3.82. The quantitative estimate of drug-likeness (QED) is 0.846. The Morgan fingerprint density at radius 1 is 1.50 bits per heavy atom. The van der Waals surface area contributed by atoms with Crippen LogP contribution >= 0.6 is 27.5 Å². The molecule has 0 aliphatic heterocycles. The van der Waals surface area contributed by atoms with E-state index in [0.29, 0.717) is 9.50 Å². The first kappa shape index (κ1) is 9.87. The second-order valence-corrected chi connectivity index (χ2v) is 3.92. The molecule has 0 bridgehead atoms. The van der Waals surface area contributed by atoms with Gasteiger partial charge in [-0.25, -0.2) is 0 Å².